The van der Waals surface area contributed by atoms with Crippen molar-refractivity contribution in [3.63, 3.8) is 0 Å². The molecule has 16 heavy (non-hydrogen) atoms. The van der Waals surface area contributed by atoms with Crippen molar-refractivity contribution in [2.75, 3.05) is 13.1 Å². The van der Waals surface area contributed by atoms with Crippen LogP contribution in [0.25, 0.3) is 0 Å². The van der Waals surface area contributed by atoms with Crippen LogP contribution in [0.2, 0.25) is 0 Å². The molecule has 2 aliphatic rings. The molecule has 3 rings (SSSR count). The van der Waals surface area contributed by atoms with E-state index in [2.05, 4.69) is 40.5 Å². The van der Waals surface area contributed by atoms with Gasteiger partial charge in [-0.1, -0.05) is 36.8 Å². The molecule has 0 spiro atoms. The van der Waals surface area contributed by atoms with Crippen molar-refractivity contribution < 1.29 is 0 Å². The molecular formula is C14H20N2. The maximum Gasteiger partial charge on any atom is 0.0253 e. The van der Waals surface area contributed by atoms with E-state index in [1.165, 1.54) is 31.4 Å². The Kier molecular flexibility index (Phi) is 2.94. The first-order valence-electron chi connectivity index (χ1n) is 6.45. The molecule has 2 fully saturated rings. The van der Waals surface area contributed by atoms with E-state index < -0.39 is 0 Å². The lowest BCUT2D eigenvalue weighted by molar-refractivity contribution is 0.129. The van der Waals surface area contributed by atoms with Crippen molar-refractivity contribution in [3.8, 4) is 0 Å². The highest BCUT2D eigenvalue weighted by molar-refractivity contribution is 5.15. The summed E-state index contributed by atoms with van der Waals surface area (Å²) >= 11 is 0. The monoisotopic (exact) mass is 216 g/mol. The molecule has 1 heterocycles. The Morgan fingerprint density at radius 3 is 2.94 bits per heavy atom. The average molecular weight is 216 g/mol. The molecule has 0 amide bonds. The minimum Gasteiger partial charge on any atom is -0.311 e. The second kappa shape index (κ2) is 4.56. The molecule has 2 nitrogen and oxygen atoms in total. The maximum atomic E-state index is 3.66. The van der Waals surface area contributed by atoms with Gasteiger partial charge in [0.25, 0.3) is 0 Å². The number of nitrogens with zero attached hydrogens (tertiary/aromatic N) is 1. The van der Waals surface area contributed by atoms with Gasteiger partial charge in [-0.15, -0.1) is 0 Å². The number of nitrogens with one attached hydrogen (secondary N) is 1. The number of hydrogen-bond donors (Lipinski definition) is 1. The molecule has 86 valence electrons. The van der Waals surface area contributed by atoms with E-state index in [0.29, 0.717) is 0 Å². The molecule has 0 bridgehead atoms. The van der Waals surface area contributed by atoms with Crippen LogP contribution >= 0.6 is 0 Å². The number of fused-ring (bicyclic) bond motifs is 1. The first-order valence-corrected chi connectivity index (χ1v) is 6.45. The highest BCUT2D eigenvalue weighted by atomic mass is 15.2. The molecule has 1 saturated heterocycles. The number of rotatable bonds is 2. The van der Waals surface area contributed by atoms with E-state index in [-0.39, 0.29) is 0 Å². The van der Waals surface area contributed by atoms with Gasteiger partial charge < -0.3 is 5.32 Å². The number of hydrogen-bond acceptors (Lipinski definition) is 2. The Hall–Kier alpha value is -0.860. The van der Waals surface area contributed by atoms with Crippen molar-refractivity contribution in [2.45, 2.75) is 37.9 Å². The molecule has 2 heteroatoms. The highest BCUT2D eigenvalue weighted by Crippen LogP contribution is 2.27. The minimum absolute atomic E-state index is 0.762. The minimum atomic E-state index is 0.762. The smallest absolute Gasteiger partial charge is 0.0253 e. The zero-order valence-corrected chi connectivity index (χ0v) is 9.73. The van der Waals surface area contributed by atoms with Crippen LogP contribution in [0.4, 0.5) is 0 Å². The van der Waals surface area contributed by atoms with E-state index in [1.807, 2.05) is 0 Å². The molecule has 0 unspecified atom stereocenters. The summed E-state index contributed by atoms with van der Waals surface area (Å²) in [4.78, 5) is 2.67. The van der Waals surface area contributed by atoms with Gasteiger partial charge in [0.2, 0.25) is 0 Å². The maximum absolute atomic E-state index is 3.66. The molecule has 0 radical (unpaired) electrons. The molecule has 2 atom stereocenters. The number of piperazine rings is 1. The van der Waals surface area contributed by atoms with Crippen molar-refractivity contribution in [1.29, 1.82) is 0 Å². The fourth-order valence-electron chi connectivity index (χ4n) is 3.19. The quantitative estimate of drug-likeness (QED) is 0.813. The van der Waals surface area contributed by atoms with E-state index in [4.69, 9.17) is 0 Å². The van der Waals surface area contributed by atoms with Crippen LogP contribution in [0.1, 0.15) is 24.8 Å². The Morgan fingerprint density at radius 2 is 2.06 bits per heavy atom. The third kappa shape index (κ3) is 2.00. The summed E-state index contributed by atoms with van der Waals surface area (Å²) in [5, 5.41) is 3.66. The van der Waals surface area contributed by atoms with E-state index in [1.54, 1.807) is 0 Å². The molecule has 1 saturated carbocycles. The van der Waals surface area contributed by atoms with Gasteiger partial charge in [-0.05, 0) is 18.4 Å². The fraction of sp³-hybridized carbons (Fsp3) is 0.571. The lowest BCUT2D eigenvalue weighted by Crippen LogP contribution is -2.54. The van der Waals surface area contributed by atoms with Crippen LogP contribution in [0.3, 0.4) is 0 Å². The lowest BCUT2D eigenvalue weighted by Gasteiger charge is -2.38. The predicted octanol–water partition coefficient (Wildman–Crippen LogP) is 2.01. The Morgan fingerprint density at radius 1 is 1.19 bits per heavy atom. The highest BCUT2D eigenvalue weighted by Gasteiger charge is 2.34. The van der Waals surface area contributed by atoms with Crippen LogP contribution in [0, 0.1) is 0 Å². The van der Waals surface area contributed by atoms with Crippen LogP contribution in [-0.2, 0) is 6.54 Å². The lowest BCUT2D eigenvalue weighted by atomic mass is 10.1. The van der Waals surface area contributed by atoms with Gasteiger partial charge in [-0.2, -0.15) is 0 Å². The van der Waals surface area contributed by atoms with Gasteiger partial charge >= 0.3 is 0 Å². The van der Waals surface area contributed by atoms with E-state index in [0.717, 1.165) is 25.2 Å². The molecule has 1 aromatic carbocycles. The van der Waals surface area contributed by atoms with Crippen molar-refractivity contribution in [1.82, 2.24) is 10.2 Å². The van der Waals surface area contributed by atoms with Gasteiger partial charge in [-0.25, -0.2) is 0 Å². The topological polar surface area (TPSA) is 15.3 Å². The largest absolute Gasteiger partial charge is 0.311 e. The summed E-state index contributed by atoms with van der Waals surface area (Å²) in [5.74, 6) is 0. The number of benzene rings is 1. The summed E-state index contributed by atoms with van der Waals surface area (Å²) in [7, 11) is 0. The zero-order valence-electron chi connectivity index (χ0n) is 9.73. The van der Waals surface area contributed by atoms with Crippen molar-refractivity contribution in [3.05, 3.63) is 35.9 Å². The zero-order chi connectivity index (χ0) is 10.8. The van der Waals surface area contributed by atoms with Crippen molar-refractivity contribution in [2.24, 2.45) is 0 Å². The summed E-state index contributed by atoms with van der Waals surface area (Å²) < 4.78 is 0. The molecular weight excluding hydrogens is 196 g/mol. The van der Waals surface area contributed by atoms with Crippen LogP contribution < -0.4 is 5.32 Å². The first kappa shape index (κ1) is 10.3. The molecule has 1 N–H and O–H groups in total. The van der Waals surface area contributed by atoms with Crippen LogP contribution in [0.5, 0.6) is 0 Å². The third-order valence-electron chi connectivity index (χ3n) is 3.98. The van der Waals surface area contributed by atoms with Gasteiger partial charge in [0.1, 0.15) is 0 Å². The fourth-order valence-corrected chi connectivity index (χ4v) is 3.19. The van der Waals surface area contributed by atoms with Gasteiger partial charge in [0.15, 0.2) is 0 Å². The Bertz CT molecular complexity index is 336. The van der Waals surface area contributed by atoms with E-state index in [9.17, 15) is 0 Å². The summed E-state index contributed by atoms with van der Waals surface area (Å²) in [6.07, 6.45) is 4.15. The second-order valence-corrected chi connectivity index (χ2v) is 5.01. The summed E-state index contributed by atoms with van der Waals surface area (Å²) in [6, 6.07) is 12.4. The Labute approximate surface area is 97.6 Å². The third-order valence-corrected chi connectivity index (χ3v) is 3.98. The van der Waals surface area contributed by atoms with Gasteiger partial charge in [0, 0.05) is 31.7 Å². The second-order valence-electron chi connectivity index (χ2n) is 5.01. The SMILES string of the molecule is c1ccc(CN2CCN[C@H]3CCC[C@@H]32)cc1. The predicted molar refractivity (Wildman–Crippen MR) is 66.3 cm³/mol. The van der Waals surface area contributed by atoms with Crippen molar-refractivity contribution >= 4 is 0 Å². The Balaban J connectivity index is 1.70. The summed E-state index contributed by atoms with van der Waals surface area (Å²) in [5.41, 5.74) is 1.45. The van der Waals surface area contributed by atoms with Gasteiger partial charge in [0.05, 0.1) is 0 Å². The molecule has 1 aromatic rings. The molecule has 1 aliphatic heterocycles. The van der Waals surface area contributed by atoms with Gasteiger partial charge in [-0.3, -0.25) is 4.90 Å². The standard InChI is InChI=1S/C14H20N2/c1-2-5-12(6-3-1)11-16-10-9-15-13-7-4-8-14(13)16/h1-3,5-6,13-15H,4,7-11H2/t13-,14-/m0/s1. The first-order chi connectivity index (χ1) is 7.93. The normalized spacial score (nSPS) is 30.2. The van der Waals surface area contributed by atoms with Crippen LogP contribution in [-0.4, -0.2) is 30.1 Å². The molecule has 0 aromatic heterocycles. The van der Waals surface area contributed by atoms with E-state index >= 15 is 0 Å². The average Bonchev–Trinajstić information content (AvgIpc) is 2.80. The summed E-state index contributed by atoms with van der Waals surface area (Å²) in [6.45, 7) is 3.49. The van der Waals surface area contributed by atoms with Crippen LogP contribution in [0.15, 0.2) is 30.3 Å². The molecule has 1 aliphatic carbocycles.